The molecule has 1 unspecified atom stereocenters. The van der Waals surface area contributed by atoms with Crippen molar-refractivity contribution in [3.63, 3.8) is 0 Å². The van der Waals surface area contributed by atoms with Gasteiger partial charge in [-0.15, -0.1) is 5.10 Å². The standard InChI is InChI=1S/C15H21N5O/c1-12(2)10-21-8-7-16-13(3)14-5-4-6-15(9-14)20-11-17-18-19-20/h4-6,9,11,13,16H,1,7-8,10H2,2-3H3. The molecule has 0 spiro atoms. The molecule has 112 valence electrons. The molecule has 6 heteroatoms. The number of benzene rings is 1. The van der Waals surface area contributed by atoms with E-state index in [0.29, 0.717) is 13.2 Å². The van der Waals surface area contributed by atoms with E-state index in [1.54, 1.807) is 11.0 Å². The van der Waals surface area contributed by atoms with Gasteiger partial charge in [-0.2, -0.15) is 0 Å². The molecule has 1 aromatic heterocycles. The first-order valence-corrected chi connectivity index (χ1v) is 6.95. The molecular weight excluding hydrogens is 266 g/mol. The maximum Gasteiger partial charge on any atom is 0.143 e. The monoisotopic (exact) mass is 287 g/mol. The topological polar surface area (TPSA) is 64.9 Å². The van der Waals surface area contributed by atoms with Gasteiger partial charge in [-0.05, 0) is 42.0 Å². The van der Waals surface area contributed by atoms with E-state index in [1.807, 2.05) is 19.1 Å². The van der Waals surface area contributed by atoms with Crippen molar-refractivity contribution in [2.24, 2.45) is 0 Å². The molecule has 1 atom stereocenters. The highest BCUT2D eigenvalue weighted by Crippen LogP contribution is 2.15. The highest BCUT2D eigenvalue weighted by Gasteiger charge is 2.06. The lowest BCUT2D eigenvalue weighted by Gasteiger charge is -2.15. The van der Waals surface area contributed by atoms with Crippen LogP contribution in [0.2, 0.25) is 0 Å². The Hall–Kier alpha value is -2.05. The summed E-state index contributed by atoms with van der Waals surface area (Å²) in [6.07, 6.45) is 1.59. The van der Waals surface area contributed by atoms with Gasteiger partial charge in [-0.1, -0.05) is 24.3 Å². The molecular formula is C15H21N5O. The molecule has 0 saturated carbocycles. The minimum Gasteiger partial charge on any atom is -0.376 e. The number of hydrogen-bond acceptors (Lipinski definition) is 5. The van der Waals surface area contributed by atoms with E-state index in [-0.39, 0.29) is 6.04 Å². The van der Waals surface area contributed by atoms with Gasteiger partial charge in [0.15, 0.2) is 0 Å². The van der Waals surface area contributed by atoms with Crippen LogP contribution in [0.5, 0.6) is 0 Å². The lowest BCUT2D eigenvalue weighted by molar-refractivity contribution is 0.156. The molecule has 0 fully saturated rings. The maximum atomic E-state index is 5.47. The van der Waals surface area contributed by atoms with Crippen LogP contribution < -0.4 is 5.32 Å². The van der Waals surface area contributed by atoms with Gasteiger partial charge in [0.25, 0.3) is 0 Å². The van der Waals surface area contributed by atoms with Crippen molar-refractivity contribution in [3.05, 3.63) is 48.3 Å². The molecule has 21 heavy (non-hydrogen) atoms. The first kappa shape index (κ1) is 15.3. The summed E-state index contributed by atoms with van der Waals surface area (Å²) < 4.78 is 7.12. The molecule has 1 aromatic carbocycles. The lowest BCUT2D eigenvalue weighted by atomic mass is 10.1. The van der Waals surface area contributed by atoms with Crippen LogP contribution in [0, 0.1) is 0 Å². The van der Waals surface area contributed by atoms with Crippen molar-refractivity contribution >= 4 is 0 Å². The third-order valence-electron chi connectivity index (χ3n) is 3.03. The van der Waals surface area contributed by atoms with E-state index < -0.39 is 0 Å². The van der Waals surface area contributed by atoms with Crippen LogP contribution in [-0.4, -0.2) is 40.0 Å². The second-order valence-electron chi connectivity index (χ2n) is 5.03. The van der Waals surface area contributed by atoms with Crippen molar-refractivity contribution < 1.29 is 4.74 Å². The van der Waals surface area contributed by atoms with Gasteiger partial charge in [-0.25, -0.2) is 4.68 Å². The minimum absolute atomic E-state index is 0.231. The Balaban J connectivity index is 1.86. The zero-order chi connectivity index (χ0) is 15.1. The van der Waals surface area contributed by atoms with Crippen LogP contribution in [-0.2, 0) is 4.74 Å². The molecule has 0 radical (unpaired) electrons. The third-order valence-corrected chi connectivity index (χ3v) is 3.03. The van der Waals surface area contributed by atoms with Gasteiger partial charge in [-0.3, -0.25) is 0 Å². The fourth-order valence-electron chi connectivity index (χ4n) is 1.93. The van der Waals surface area contributed by atoms with E-state index in [4.69, 9.17) is 4.74 Å². The minimum atomic E-state index is 0.231. The summed E-state index contributed by atoms with van der Waals surface area (Å²) in [6, 6.07) is 8.36. The van der Waals surface area contributed by atoms with E-state index in [9.17, 15) is 0 Å². The van der Waals surface area contributed by atoms with Gasteiger partial charge < -0.3 is 10.1 Å². The van der Waals surface area contributed by atoms with Crippen molar-refractivity contribution in [1.29, 1.82) is 0 Å². The average molecular weight is 287 g/mol. The average Bonchev–Trinajstić information content (AvgIpc) is 3.01. The smallest absolute Gasteiger partial charge is 0.143 e. The summed E-state index contributed by atoms with van der Waals surface area (Å²) in [6.45, 7) is 9.97. The molecule has 0 aliphatic heterocycles. The number of hydrogen-bond donors (Lipinski definition) is 1. The van der Waals surface area contributed by atoms with E-state index in [1.165, 1.54) is 5.56 Å². The Morgan fingerprint density at radius 2 is 2.33 bits per heavy atom. The van der Waals surface area contributed by atoms with Crippen molar-refractivity contribution in [3.8, 4) is 5.69 Å². The molecule has 0 aliphatic rings. The fourth-order valence-corrected chi connectivity index (χ4v) is 1.93. The number of ether oxygens (including phenoxy) is 1. The molecule has 6 nitrogen and oxygen atoms in total. The van der Waals surface area contributed by atoms with Crippen molar-refractivity contribution in [2.75, 3.05) is 19.8 Å². The van der Waals surface area contributed by atoms with Crippen LogP contribution in [0.4, 0.5) is 0 Å². The van der Waals surface area contributed by atoms with Gasteiger partial charge in [0.1, 0.15) is 6.33 Å². The molecule has 2 rings (SSSR count). The highest BCUT2D eigenvalue weighted by molar-refractivity contribution is 5.35. The largest absolute Gasteiger partial charge is 0.376 e. The first-order chi connectivity index (χ1) is 10.2. The van der Waals surface area contributed by atoms with Gasteiger partial charge in [0, 0.05) is 12.6 Å². The molecule has 0 amide bonds. The van der Waals surface area contributed by atoms with Gasteiger partial charge in [0.05, 0.1) is 18.9 Å². The Labute approximate surface area is 124 Å². The van der Waals surface area contributed by atoms with Gasteiger partial charge in [0.2, 0.25) is 0 Å². The fraction of sp³-hybridized carbons (Fsp3) is 0.400. The number of nitrogens with zero attached hydrogens (tertiary/aromatic N) is 4. The summed E-state index contributed by atoms with van der Waals surface area (Å²) in [5.74, 6) is 0. The van der Waals surface area contributed by atoms with Crippen LogP contribution in [0.3, 0.4) is 0 Å². The summed E-state index contributed by atoms with van der Waals surface area (Å²) >= 11 is 0. The van der Waals surface area contributed by atoms with Crippen LogP contribution in [0.25, 0.3) is 5.69 Å². The molecule has 0 aliphatic carbocycles. The molecule has 1 heterocycles. The second kappa shape index (κ2) is 7.66. The number of aromatic nitrogens is 4. The predicted octanol–water partition coefficient (Wildman–Crippen LogP) is 1.91. The summed E-state index contributed by atoms with van der Waals surface area (Å²) in [5.41, 5.74) is 3.17. The predicted molar refractivity (Wildman–Crippen MR) is 81.2 cm³/mol. The normalized spacial score (nSPS) is 12.3. The first-order valence-electron chi connectivity index (χ1n) is 6.95. The quantitative estimate of drug-likeness (QED) is 0.593. The zero-order valence-electron chi connectivity index (χ0n) is 12.5. The van der Waals surface area contributed by atoms with E-state index in [2.05, 4.69) is 46.5 Å². The van der Waals surface area contributed by atoms with Gasteiger partial charge >= 0.3 is 0 Å². The lowest BCUT2D eigenvalue weighted by Crippen LogP contribution is -2.23. The van der Waals surface area contributed by atoms with Crippen LogP contribution >= 0.6 is 0 Å². The Bertz CT molecular complexity index is 567. The Morgan fingerprint density at radius 1 is 1.48 bits per heavy atom. The van der Waals surface area contributed by atoms with Crippen molar-refractivity contribution in [2.45, 2.75) is 19.9 Å². The van der Waals surface area contributed by atoms with Crippen LogP contribution in [0.15, 0.2) is 42.7 Å². The Morgan fingerprint density at radius 3 is 3.05 bits per heavy atom. The molecule has 0 saturated heterocycles. The van der Waals surface area contributed by atoms with E-state index >= 15 is 0 Å². The molecule has 1 N–H and O–H groups in total. The van der Waals surface area contributed by atoms with Crippen LogP contribution in [0.1, 0.15) is 25.5 Å². The third kappa shape index (κ3) is 4.77. The maximum absolute atomic E-state index is 5.47. The molecule has 0 bridgehead atoms. The number of tetrazole rings is 1. The SMILES string of the molecule is C=C(C)COCCNC(C)c1cccc(-n2cnnn2)c1. The van der Waals surface area contributed by atoms with E-state index in [0.717, 1.165) is 17.8 Å². The second-order valence-corrected chi connectivity index (χ2v) is 5.03. The summed E-state index contributed by atoms with van der Waals surface area (Å²) in [7, 11) is 0. The molecule has 2 aromatic rings. The number of nitrogens with one attached hydrogen (secondary N) is 1. The van der Waals surface area contributed by atoms with Crippen molar-refractivity contribution in [1.82, 2.24) is 25.5 Å². The zero-order valence-corrected chi connectivity index (χ0v) is 12.5. The highest BCUT2D eigenvalue weighted by atomic mass is 16.5. The summed E-state index contributed by atoms with van der Waals surface area (Å²) in [5, 5.41) is 14.6. The Kier molecular flexibility index (Phi) is 5.59. The number of rotatable bonds is 8. The summed E-state index contributed by atoms with van der Waals surface area (Å²) in [4.78, 5) is 0.